The third kappa shape index (κ3) is 3.47. The highest BCUT2D eigenvalue weighted by molar-refractivity contribution is 9.09. The Morgan fingerprint density at radius 3 is 2.40 bits per heavy atom. The molecule has 0 aromatic heterocycles. The van der Waals surface area contributed by atoms with Gasteiger partial charge in [-0.15, -0.1) is 0 Å². The van der Waals surface area contributed by atoms with E-state index in [0.29, 0.717) is 0 Å². The van der Waals surface area contributed by atoms with Crippen molar-refractivity contribution in [3.63, 3.8) is 0 Å². The van der Waals surface area contributed by atoms with Gasteiger partial charge in [-0.25, -0.2) is 0 Å². The van der Waals surface area contributed by atoms with Gasteiger partial charge in [0, 0.05) is 25.0 Å². The van der Waals surface area contributed by atoms with E-state index in [2.05, 4.69) is 39.9 Å². The average Bonchev–Trinajstić information content (AvgIpc) is 2.50. The Morgan fingerprint density at radius 2 is 1.85 bits per heavy atom. The van der Waals surface area contributed by atoms with Crippen LogP contribution in [0.5, 0.6) is 11.5 Å². The van der Waals surface area contributed by atoms with Crippen molar-refractivity contribution < 1.29 is 9.47 Å². The van der Waals surface area contributed by atoms with Gasteiger partial charge in [0.25, 0.3) is 0 Å². The molecule has 2 rings (SSSR count). The molecule has 0 bridgehead atoms. The van der Waals surface area contributed by atoms with Crippen LogP contribution in [0.2, 0.25) is 0 Å². The van der Waals surface area contributed by atoms with Crippen LogP contribution in [0.15, 0.2) is 12.1 Å². The van der Waals surface area contributed by atoms with E-state index in [1.807, 2.05) is 0 Å². The Bertz CT molecular complexity index is 446. The van der Waals surface area contributed by atoms with Crippen molar-refractivity contribution in [3.05, 3.63) is 23.3 Å². The Kier molecular flexibility index (Phi) is 5.73. The number of rotatable bonds is 6. The van der Waals surface area contributed by atoms with E-state index < -0.39 is 0 Å². The fraction of sp³-hybridized carbons (Fsp3) is 0.625. The van der Waals surface area contributed by atoms with Gasteiger partial charge >= 0.3 is 0 Å². The molecule has 0 saturated heterocycles. The van der Waals surface area contributed by atoms with Gasteiger partial charge in [-0.05, 0) is 35.6 Å². The Hall–Kier alpha value is -0.740. The molecule has 20 heavy (non-hydrogen) atoms. The molecule has 1 atom stereocenters. The number of hydrogen-bond acceptors (Lipinski definition) is 3. The minimum absolute atomic E-state index is 0.733. The van der Waals surface area contributed by atoms with Crippen LogP contribution in [0.25, 0.3) is 0 Å². The van der Waals surface area contributed by atoms with Crippen LogP contribution in [-0.4, -0.2) is 37.5 Å². The minimum atomic E-state index is 0.733. The maximum absolute atomic E-state index is 5.41. The van der Waals surface area contributed by atoms with Gasteiger partial charge in [-0.3, -0.25) is 4.90 Å². The summed E-state index contributed by atoms with van der Waals surface area (Å²) in [6, 6.07) is 4.27. The zero-order valence-corrected chi connectivity index (χ0v) is 14.2. The van der Waals surface area contributed by atoms with Gasteiger partial charge in [-0.2, -0.15) is 0 Å². The predicted octanol–water partition coefficient (Wildman–Crippen LogP) is 3.48. The van der Waals surface area contributed by atoms with Crippen LogP contribution in [-0.2, 0) is 13.0 Å². The van der Waals surface area contributed by atoms with E-state index in [1.54, 1.807) is 14.2 Å². The monoisotopic (exact) mass is 341 g/mol. The Morgan fingerprint density at radius 1 is 1.20 bits per heavy atom. The molecular weight excluding hydrogens is 318 g/mol. The fourth-order valence-corrected chi connectivity index (χ4v) is 3.41. The zero-order chi connectivity index (χ0) is 14.5. The molecule has 1 aromatic rings. The smallest absolute Gasteiger partial charge is 0.161 e. The number of ether oxygens (including phenoxy) is 2. The zero-order valence-electron chi connectivity index (χ0n) is 12.6. The molecule has 1 aliphatic rings. The molecule has 0 amide bonds. The molecule has 0 spiro atoms. The number of alkyl halides is 1. The van der Waals surface area contributed by atoms with Crippen molar-refractivity contribution >= 4 is 15.9 Å². The van der Waals surface area contributed by atoms with E-state index in [9.17, 15) is 0 Å². The summed E-state index contributed by atoms with van der Waals surface area (Å²) in [4.78, 5) is 2.55. The predicted molar refractivity (Wildman–Crippen MR) is 86.1 cm³/mol. The molecule has 1 heterocycles. The number of halogens is 1. The van der Waals surface area contributed by atoms with E-state index in [1.165, 1.54) is 17.5 Å². The minimum Gasteiger partial charge on any atom is -0.493 e. The summed E-state index contributed by atoms with van der Waals surface area (Å²) in [5.74, 6) is 2.41. The van der Waals surface area contributed by atoms with Crippen molar-refractivity contribution in [2.45, 2.75) is 26.3 Å². The summed E-state index contributed by atoms with van der Waals surface area (Å²) in [6.07, 6.45) is 2.31. The van der Waals surface area contributed by atoms with Gasteiger partial charge in [0.1, 0.15) is 0 Å². The van der Waals surface area contributed by atoms with Gasteiger partial charge < -0.3 is 9.47 Å². The lowest BCUT2D eigenvalue weighted by atomic mass is 9.97. The first-order chi connectivity index (χ1) is 9.71. The summed E-state index contributed by atoms with van der Waals surface area (Å²) in [5.41, 5.74) is 2.77. The fourth-order valence-electron chi connectivity index (χ4n) is 2.75. The first-order valence-electron chi connectivity index (χ1n) is 7.23. The first kappa shape index (κ1) is 15.6. The number of fused-ring (bicyclic) bond motifs is 1. The number of benzene rings is 1. The molecule has 4 heteroatoms. The summed E-state index contributed by atoms with van der Waals surface area (Å²) in [7, 11) is 3.39. The normalized spacial score (nSPS) is 16.6. The van der Waals surface area contributed by atoms with Crippen LogP contribution in [0.3, 0.4) is 0 Å². The van der Waals surface area contributed by atoms with Crippen LogP contribution in [0.4, 0.5) is 0 Å². The number of nitrogens with zero attached hydrogens (tertiary/aromatic N) is 1. The quantitative estimate of drug-likeness (QED) is 0.739. The van der Waals surface area contributed by atoms with Crippen molar-refractivity contribution in [3.8, 4) is 11.5 Å². The van der Waals surface area contributed by atoms with E-state index in [4.69, 9.17) is 9.47 Å². The van der Waals surface area contributed by atoms with Crippen molar-refractivity contribution in [2.75, 3.05) is 32.6 Å². The summed E-state index contributed by atoms with van der Waals surface area (Å²) >= 11 is 3.61. The summed E-state index contributed by atoms with van der Waals surface area (Å²) < 4.78 is 10.8. The number of methoxy groups -OCH3 is 2. The maximum Gasteiger partial charge on any atom is 0.161 e. The van der Waals surface area contributed by atoms with E-state index >= 15 is 0 Å². The second-order valence-electron chi connectivity index (χ2n) is 5.39. The second-order valence-corrected chi connectivity index (χ2v) is 6.04. The van der Waals surface area contributed by atoms with Crippen LogP contribution < -0.4 is 9.47 Å². The highest BCUT2D eigenvalue weighted by Crippen LogP contribution is 2.33. The molecule has 1 aliphatic heterocycles. The van der Waals surface area contributed by atoms with Gasteiger partial charge in [0.2, 0.25) is 0 Å². The van der Waals surface area contributed by atoms with Crippen molar-refractivity contribution in [1.82, 2.24) is 4.90 Å². The summed E-state index contributed by atoms with van der Waals surface area (Å²) in [6.45, 7) is 5.57. The summed E-state index contributed by atoms with van der Waals surface area (Å²) in [5, 5.41) is 1.08. The van der Waals surface area contributed by atoms with Crippen LogP contribution in [0.1, 0.15) is 24.5 Å². The highest BCUT2D eigenvalue weighted by Gasteiger charge is 2.21. The molecule has 0 aliphatic carbocycles. The standard InChI is InChI=1S/C16H24BrNO2/c1-4-12(9-17)10-18-6-5-13-7-15(19-2)16(20-3)8-14(13)11-18/h7-8,12H,4-6,9-11H2,1-3H3. The second kappa shape index (κ2) is 7.32. The lowest BCUT2D eigenvalue weighted by Crippen LogP contribution is -2.35. The first-order valence-corrected chi connectivity index (χ1v) is 8.36. The van der Waals surface area contributed by atoms with E-state index in [0.717, 1.165) is 48.8 Å². The average molecular weight is 342 g/mol. The van der Waals surface area contributed by atoms with Crippen molar-refractivity contribution in [2.24, 2.45) is 5.92 Å². The van der Waals surface area contributed by atoms with Crippen LogP contribution >= 0.6 is 15.9 Å². The van der Waals surface area contributed by atoms with Crippen LogP contribution in [0, 0.1) is 5.92 Å². The molecule has 1 aromatic carbocycles. The van der Waals surface area contributed by atoms with E-state index in [-0.39, 0.29) is 0 Å². The third-order valence-corrected chi connectivity index (χ3v) is 5.02. The highest BCUT2D eigenvalue weighted by atomic mass is 79.9. The molecule has 1 unspecified atom stereocenters. The Labute approximate surface area is 130 Å². The van der Waals surface area contributed by atoms with Crippen molar-refractivity contribution in [1.29, 1.82) is 0 Å². The lowest BCUT2D eigenvalue weighted by molar-refractivity contribution is 0.219. The third-order valence-electron chi connectivity index (χ3n) is 4.11. The van der Waals surface area contributed by atoms with Gasteiger partial charge in [0.05, 0.1) is 14.2 Å². The largest absolute Gasteiger partial charge is 0.493 e. The molecule has 0 fully saturated rings. The maximum atomic E-state index is 5.41. The molecule has 0 radical (unpaired) electrons. The molecule has 0 saturated carbocycles. The number of hydrogen-bond donors (Lipinski definition) is 0. The SMILES string of the molecule is CCC(CBr)CN1CCc2cc(OC)c(OC)cc2C1. The van der Waals surface area contributed by atoms with Gasteiger partial charge in [0.15, 0.2) is 11.5 Å². The lowest BCUT2D eigenvalue weighted by Gasteiger charge is -2.31. The topological polar surface area (TPSA) is 21.7 Å². The Balaban J connectivity index is 2.13. The molecular formula is C16H24BrNO2. The van der Waals surface area contributed by atoms with Gasteiger partial charge in [-0.1, -0.05) is 29.3 Å². The molecule has 3 nitrogen and oxygen atoms in total. The molecule has 112 valence electrons. The molecule has 0 N–H and O–H groups in total.